The lowest BCUT2D eigenvalue weighted by atomic mass is 10.1. The Morgan fingerprint density at radius 2 is 2.22 bits per heavy atom. The van der Waals surface area contributed by atoms with Crippen LogP contribution in [0.25, 0.3) is 0 Å². The molecule has 1 atom stereocenters. The van der Waals surface area contributed by atoms with Gasteiger partial charge in [0.2, 0.25) is 0 Å². The number of carbonyl (C=O) groups is 1. The molecule has 0 saturated heterocycles. The average Bonchev–Trinajstić information content (AvgIpc) is 2.27. The highest BCUT2D eigenvalue weighted by molar-refractivity contribution is 5.94. The average molecular weight is 255 g/mol. The van der Waals surface area contributed by atoms with Gasteiger partial charge in [-0.2, -0.15) is 0 Å². The second-order valence-electron chi connectivity index (χ2n) is 3.98. The van der Waals surface area contributed by atoms with Crippen molar-refractivity contribution in [3.05, 3.63) is 39.7 Å². The van der Waals surface area contributed by atoms with E-state index in [0.717, 1.165) is 18.2 Å². The van der Waals surface area contributed by atoms with Crippen molar-refractivity contribution < 1.29 is 14.1 Å². The first-order valence-corrected chi connectivity index (χ1v) is 5.39. The van der Waals surface area contributed by atoms with Gasteiger partial charge in [0.05, 0.1) is 11.0 Å². The van der Waals surface area contributed by atoms with Gasteiger partial charge in [-0.05, 0) is 19.4 Å². The number of hydrogen-bond acceptors (Lipinski definition) is 4. The molecule has 1 unspecified atom stereocenters. The van der Waals surface area contributed by atoms with Crippen LogP contribution in [0.2, 0.25) is 0 Å². The van der Waals surface area contributed by atoms with Crippen LogP contribution in [-0.2, 0) is 0 Å². The van der Waals surface area contributed by atoms with Gasteiger partial charge in [-0.1, -0.05) is 0 Å². The van der Waals surface area contributed by atoms with E-state index in [1.165, 1.54) is 0 Å². The summed E-state index contributed by atoms with van der Waals surface area (Å²) in [5, 5.41) is 13.0. The summed E-state index contributed by atoms with van der Waals surface area (Å²) in [4.78, 5) is 21.4. The molecule has 1 aromatic rings. The Labute approximate surface area is 103 Å². The first kappa shape index (κ1) is 14.0. The molecule has 0 aliphatic rings. The summed E-state index contributed by atoms with van der Waals surface area (Å²) in [5.74, 6) is -1.38. The fourth-order valence-corrected chi connectivity index (χ4v) is 1.33. The fraction of sp³-hybridized carbons (Fsp3) is 0.364. The quantitative estimate of drug-likeness (QED) is 0.610. The summed E-state index contributed by atoms with van der Waals surface area (Å²) in [6.45, 7) is 2.12. The zero-order chi connectivity index (χ0) is 13.7. The van der Waals surface area contributed by atoms with E-state index >= 15 is 0 Å². The molecule has 0 bridgehead atoms. The van der Waals surface area contributed by atoms with E-state index in [-0.39, 0.29) is 11.6 Å². The SMILES string of the molecule is CC(N)CCNC(=O)c1cc(F)cc([N+](=O)[O-])c1. The second-order valence-corrected chi connectivity index (χ2v) is 3.98. The molecule has 0 aliphatic heterocycles. The second kappa shape index (κ2) is 6.06. The van der Waals surface area contributed by atoms with E-state index in [0.29, 0.717) is 13.0 Å². The minimum Gasteiger partial charge on any atom is -0.352 e. The fourth-order valence-electron chi connectivity index (χ4n) is 1.33. The molecule has 0 aromatic heterocycles. The van der Waals surface area contributed by atoms with Crippen molar-refractivity contribution in [2.45, 2.75) is 19.4 Å². The third-order valence-electron chi connectivity index (χ3n) is 2.24. The normalized spacial score (nSPS) is 11.9. The van der Waals surface area contributed by atoms with Crippen LogP contribution in [0, 0.1) is 15.9 Å². The van der Waals surface area contributed by atoms with Crippen LogP contribution in [0.15, 0.2) is 18.2 Å². The molecule has 0 aliphatic carbocycles. The van der Waals surface area contributed by atoms with Crippen LogP contribution in [-0.4, -0.2) is 23.4 Å². The Balaban J connectivity index is 2.76. The third kappa shape index (κ3) is 4.10. The lowest BCUT2D eigenvalue weighted by Crippen LogP contribution is -2.29. The summed E-state index contributed by atoms with van der Waals surface area (Å²) in [5.41, 5.74) is 4.98. The number of amides is 1. The van der Waals surface area contributed by atoms with Gasteiger partial charge in [0.15, 0.2) is 0 Å². The van der Waals surface area contributed by atoms with Crippen molar-refractivity contribution in [3.8, 4) is 0 Å². The molecule has 18 heavy (non-hydrogen) atoms. The maximum Gasteiger partial charge on any atom is 0.273 e. The molecular weight excluding hydrogens is 241 g/mol. The van der Waals surface area contributed by atoms with Gasteiger partial charge in [0.25, 0.3) is 11.6 Å². The Morgan fingerprint density at radius 1 is 1.56 bits per heavy atom. The number of nitrogens with zero attached hydrogens (tertiary/aromatic N) is 1. The maximum atomic E-state index is 13.1. The van der Waals surface area contributed by atoms with Crippen LogP contribution >= 0.6 is 0 Å². The van der Waals surface area contributed by atoms with E-state index in [2.05, 4.69) is 5.32 Å². The molecule has 0 saturated carbocycles. The summed E-state index contributed by atoms with van der Waals surface area (Å²) in [6.07, 6.45) is 0.573. The van der Waals surface area contributed by atoms with Crippen LogP contribution in [0.3, 0.4) is 0 Å². The number of carbonyl (C=O) groups excluding carboxylic acids is 1. The minimum absolute atomic E-state index is 0.0628. The number of hydrogen-bond donors (Lipinski definition) is 2. The molecule has 3 N–H and O–H groups in total. The number of nitro benzene ring substituents is 1. The van der Waals surface area contributed by atoms with E-state index in [1.54, 1.807) is 6.92 Å². The molecule has 0 spiro atoms. The zero-order valence-corrected chi connectivity index (χ0v) is 9.85. The van der Waals surface area contributed by atoms with Crippen molar-refractivity contribution >= 4 is 11.6 Å². The van der Waals surface area contributed by atoms with E-state index in [1.807, 2.05) is 0 Å². The lowest BCUT2D eigenvalue weighted by Gasteiger charge is -2.07. The van der Waals surface area contributed by atoms with Gasteiger partial charge in [0.1, 0.15) is 5.82 Å². The minimum atomic E-state index is -0.818. The topological polar surface area (TPSA) is 98.3 Å². The van der Waals surface area contributed by atoms with Crippen LogP contribution in [0.4, 0.5) is 10.1 Å². The van der Waals surface area contributed by atoms with Crippen molar-refractivity contribution in [2.24, 2.45) is 5.73 Å². The Kier molecular flexibility index (Phi) is 4.73. The van der Waals surface area contributed by atoms with Crippen molar-refractivity contribution in [3.63, 3.8) is 0 Å². The van der Waals surface area contributed by atoms with E-state index < -0.39 is 22.3 Å². The predicted octanol–water partition coefficient (Wildman–Crippen LogP) is 1.20. The summed E-state index contributed by atoms with van der Waals surface area (Å²) < 4.78 is 13.1. The first-order valence-electron chi connectivity index (χ1n) is 5.39. The van der Waals surface area contributed by atoms with Crippen LogP contribution < -0.4 is 11.1 Å². The number of non-ortho nitro benzene ring substituents is 1. The van der Waals surface area contributed by atoms with Gasteiger partial charge in [-0.3, -0.25) is 14.9 Å². The Morgan fingerprint density at radius 3 is 2.78 bits per heavy atom. The molecule has 98 valence electrons. The predicted molar refractivity (Wildman–Crippen MR) is 63.7 cm³/mol. The molecule has 0 radical (unpaired) electrons. The van der Waals surface area contributed by atoms with E-state index in [4.69, 9.17) is 5.73 Å². The number of nitrogens with two attached hydrogens (primary N) is 1. The van der Waals surface area contributed by atoms with Crippen molar-refractivity contribution in [1.29, 1.82) is 0 Å². The Hall–Kier alpha value is -2.02. The molecule has 1 aromatic carbocycles. The largest absolute Gasteiger partial charge is 0.352 e. The smallest absolute Gasteiger partial charge is 0.273 e. The van der Waals surface area contributed by atoms with Gasteiger partial charge in [-0.25, -0.2) is 4.39 Å². The van der Waals surface area contributed by atoms with Gasteiger partial charge < -0.3 is 11.1 Å². The molecule has 7 heteroatoms. The number of rotatable bonds is 5. The van der Waals surface area contributed by atoms with E-state index in [9.17, 15) is 19.3 Å². The summed E-state index contributed by atoms with van der Waals surface area (Å²) in [7, 11) is 0. The molecule has 0 heterocycles. The number of nitrogens with one attached hydrogen (secondary N) is 1. The lowest BCUT2D eigenvalue weighted by molar-refractivity contribution is -0.385. The molecule has 1 amide bonds. The van der Waals surface area contributed by atoms with Gasteiger partial charge in [0, 0.05) is 24.2 Å². The molecule has 0 fully saturated rings. The number of benzene rings is 1. The zero-order valence-electron chi connectivity index (χ0n) is 9.85. The van der Waals surface area contributed by atoms with Crippen LogP contribution in [0.5, 0.6) is 0 Å². The van der Waals surface area contributed by atoms with Gasteiger partial charge in [-0.15, -0.1) is 0 Å². The van der Waals surface area contributed by atoms with Crippen molar-refractivity contribution in [1.82, 2.24) is 5.32 Å². The highest BCUT2D eigenvalue weighted by Gasteiger charge is 2.14. The molecule has 6 nitrogen and oxygen atoms in total. The standard InChI is InChI=1S/C11H14FN3O3/c1-7(13)2-3-14-11(16)8-4-9(12)6-10(5-8)15(17)18/h4-7H,2-3,13H2,1H3,(H,14,16). The number of halogens is 1. The summed E-state index contributed by atoms with van der Waals surface area (Å²) in [6, 6.07) is 2.68. The first-order chi connectivity index (χ1) is 8.40. The monoisotopic (exact) mass is 255 g/mol. The highest BCUT2D eigenvalue weighted by atomic mass is 19.1. The third-order valence-corrected chi connectivity index (χ3v) is 2.24. The Bertz CT molecular complexity index is 463. The summed E-state index contributed by atoms with van der Waals surface area (Å²) >= 11 is 0. The maximum absolute atomic E-state index is 13.1. The highest BCUT2D eigenvalue weighted by Crippen LogP contribution is 2.16. The van der Waals surface area contributed by atoms with Gasteiger partial charge >= 0.3 is 0 Å². The van der Waals surface area contributed by atoms with Crippen molar-refractivity contribution in [2.75, 3.05) is 6.54 Å². The number of nitro groups is 1. The van der Waals surface area contributed by atoms with Crippen LogP contribution in [0.1, 0.15) is 23.7 Å². The molecular formula is C11H14FN3O3. The molecule has 1 rings (SSSR count).